The molecule has 3 amide bonds. The van der Waals surface area contributed by atoms with Crippen LogP contribution in [0.25, 0.3) is 0 Å². The van der Waals surface area contributed by atoms with Crippen molar-refractivity contribution in [3.05, 3.63) is 40.4 Å². The van der Waals surface area contributed by atoms with E-state index in [4.69, 9.17) is 9.47 Å². The fourth-order valence-electron chi connectivity index (χ4n) is 2.41. The first-order chi connectivity index (χ1) is 13.4. The number of thiazole rings is 1. The van der Waals surface area contributed by atoms with Crippen LogP contribution in [0.4, 0.5) is 15.6 Å². The summed E-state index contributed by atoms with van der Waals surface area (Å²) in [4.78, 5) is 31.5. The van der Waals surface area contributed by atoms with Crippen molar-refractivity contribution in [2.75, 3.05) is 51.2 Å². The summed E-state index contributed by atoms with van der Waals surface area (Å²) >= 11 is 1.15. The zero-order valence-corrected chi connectivity index (χ0v) is 17.4. The molecule has 2 aromatic rings. The summed E-state index contributed by atoms with van der Waals surface area (Å²) in [5.41, 5.74) is 2.36. The molecule has 2 rings (SSSR count). The molecule has 0 saturated heterocycles. The molecule has 1 heterocycles. The van der Waals surface area contributed by atoms with Gasteiger partial charge in [-0.25, -0.2) is 9.78 Å². The maximum Gasteiger partial charge on any atom is 0.325 e. The van der Waals surface area contributed by atoms with Crippen LogP contribution in [0.15, 0.2) is 24.3 Å². The molecular weight excluding hydrogens is 380 g/mol. The molecule has 2 N–H and O–H groups in total. The molecule has 0 saturated carbocycles. The van der Waals surface area contributed by atoms with E-state index in [0.29, 0.717) is 47.7 Å². The Morgan fingerprint density at radius 2 is 1.64 bits per heavy atom. The summed E-state index contributed by atoms with van der Waals surface area (Å²) in [6, 6.07) is 7.05. The number of amides is 3. The summed E-state index contributed by atoms with van der Waals surface area (Å²) in [5.74, 6) is -0.156. The van der Waals surface area contributed by atoms with Crippen LogP contribution in [0.2, 0.25) is 0 Å². The molecule has 9 heteroatoms. The second-order valence-corrected chi connectivity index (χ2v) is 7.16. The van der Waals surface area contributed by atoms with E-state index in [1.165, 1.54) is 0 Å². The molecule has 0 fully saturated rings. The van der Waals surface area contributed by atoms with Crippen molar-refractivity contribution in [2.24, 2.45) is 0 Å². The number of carbonyl (C=O) groups is 2. The van der Waals surface area contributed by atoms with Gasteiger partial charge in [0, 0.05) is 33.0 Å². The average molecular weight is 407 g/mol. The fourth-order valence-corrected chi connectivity index (χ4v) is 3.34. The van der Waals surface area contributed by atoms with E-state index in [-0.39, 0.29) is 5.91 Å². The number of hydrogen-bond acceptors (Lipinski definition) is 6. The minimum absolute atomic E-state index is 0.156. The van der Waals surface area contributed by atoms with Crippen molar-refractivity contribution < 1.29 is 19.1 Å². The Morgan fingerprint density at radius 1 is 1.04 bits per heavy atom. The van der Waals surface area contributed by atoms with Gasteiger partial charge < -0.3 is 19.7 Å². The topological polar surface area (TPSA) is 92.8 Å². The average Bonchev–Trinajstić information content (AvgIpc) is 3.03. The van der Waals surface area contributed by atoms with E-state index in [0.717, 1.165) is 16.9 Å². The number of aryl methyl sites for hydroxylation is 2. The summed E-state index contributed by atoms with van der Waals surface area (Å²) in [6.45, 7) is 5.48. The van der Waals surface area contributed by atoms with Gasteiger partial charge >= 0.3 is 6.03 Å². The third kappa shape index (κ3) is 6.29. The predicted molar refractivity (Wildman–Crippen MR) is 110 cm³/mol. The van der Waals surface area contributed by atoms with Crippen LogP contribution in [0, 0.1) is 13.8 Å². The van der Waals surface area contributed by atoms with Gasteiger partial charge in [0.2, 0.25) is 0 Å². The highest BCUT2D eigenvalue weighted by Crippen LogP contribution is 2.24. The SMILES string of the molecule is COCCN(CCOC)C(=O)c1sc(NC(=O)Nc2ccc(C)cc2)nc1C. The normalized spacial score (nSPS) is 10.6. The molecule has 0 radical (unpaired) electrons. The second-order valence-electron chi connectivity index (χ2n) is 6.16. The quantitative estimate of drug-likeness (QED) is 0.667. The monoisotopic (exact) mass is 406 g/mol. The van der Waals surface area contributed by atoms with Crippen LogP contribution in [0.1, 0.15) is 20.9 Å². The van der Waals surface area contributed by atoms with Crippen molar-refractivity contribution in [2.45, 2.75) is 13.8 Å². The number of nitrogens with one attached hydrogen (secondary N) is 2. The highest BCUT2D eigenvalue weighted by molar-refractivity contribution is 7.17. The Balaban J connectivity index is 2.04. The minimum atomic E-state index is -0.410. The zero-order chi connectivity index (χ0) is 20.5. The van der Waals surface area contributed by atoms with Gasteiger partial charge in [0.1, 0.15) is 4.88 Å². The molecule has 0 aliphatic rings. The Hall–Kier alpha value is -2.49. The van der Waals surface area contributed by atoms with Crippen LogP contribution in [0.3, 0.4) is 0 Å². The maximum atomic E-state index is 12.9. The van der Waals surface area contributed by atoms with E-state index >= 15 is 0 Å². The van der Waals surface area contributed by atoms with Crippen LogP contribution >= 0.6 is 11.3 Å². The Morgan fingerprint density at radius 3 is 2.21 bits per heavy atom. The zero-order valence-electron chi connectivity index (χ0n) is 16.6. The molecule has 0 aliphatic carbocycles. The second kappa shape index (κ2) is 10.7. The standard InChI is InChI=1S/C19H26N4O4S/c1-13-5-7-15(8-6-13)21-18(25)22-19-20-14(2)16(28-19)17(24)23(9-11-26-3)10-12-27-4/h5-8H,9-12H2,1-4H3,(H2,20,21,22,25). The van der Waals surface area contributed by atoms with Gasteiger partial charge in [0.25, 0.3) is 5.91 Å². The molecule has 0 spiro atoms. The Bertz CT molecular complexity index is 784. The number of nitrogens with zero attached hydrogens (tertiary/aromatic N) is 2. The number of rotatable bonds is 9. The van der Waals surface area contributed by atoms with Gasteiger partial charge in [-0.1, -0.05) is 29.0 Å². The fraction of sp³-hybridized carbons (Fsp3) is 0.421. The van der Waals surface area contributed by atoms with Gasteiger partial charge in [-0.3, -0.25) is 10.1 Å². The third-order valence-corrected chi connectivity index (χ3v) is 5.00. The van der Waals surface area contributed by atoms with E-state index in [1.807, 2.05) is 31.2 Å². The minimum Gasteiger partial charge on any atom is -0.383 e. The van der Waals surface area contributed by atoms with E-state index in [1.54, 1.807) is 26.0 Å². The van der Waals surface area contributed by atoms with Crippen molar-refractivity contribution in [1.82, 2.24) is 9.88 Å². The largest absolute Gasteiger partial charge is 0.383 e. The first-order valence-corrected chi connectivity index (χ1v) is 9.65. The number of urea groups is 1. The molecule has 152 valence electrons. The number of ether oxygens (including phenoxy) is 2. The molecule has 0 bridgehead atoms. The van der Waals surface area contributed by atoms with Crippen molar-refractivity contribution in [3.8, 4) is 0 Å². The molecule has 0 aliphatic heterocycles. The summed E-state index contributed by atoms with van der Waals surface area (Å²) in [6.07, 6.45) is 0. The van der Waals surface area contributed by atoms with Crippen LogP contribution in [-0.4, -0.2) is 62.3 Å². The van der Waals surface area contributed by atoms with Crippen molar-refractivity contribution >= 4 is 34.1 Å². The lowest BCUT2D eigenvalue weighted by molar-refractivity contribution is 0.0631. The van der Waals surface area contributed by atoms with E-state index < -0.39 is 6.03 Å². The molecule has 1 aromatic heterocycles. The lowest BCUT2D eigenvalue weighted by atomic mass is 10.2. The molecule has 0 atom stereocenters. The van der Waals surface area contributed by atoms with Gasteiger partial charge in [0.15, 0.2) is 5.13 Å². The van der Waals surface area contributed by atoms with Gasteiger partial charge in [-0.2, -0.15) is 0 Å². The van der Waals surface area contributed by atoms with Crippen LogP contribution in [-0.2, 0) is 9.47 Å². The van der Waals surface area contributed by atoms with Gasteiger partial charge in [0.05, 0.1) is 18.9 Å². The number of benzene rings is 1. The highest BCUT2D eigenvalue weighted by Gasteiger charge is 2.22. The molecular formula is C19H26N4O4S. The smallest absolute Gasteiger partial charge is 0.325 e. The number of carbonyl (C=O) groups excluding carboxylic acids is 2. The van der Waals surface area contributed by atoms with Crippen LogP contribution < -0.4 is 10.6 Å². The molecule has 28 heavy (non-hydrogen) atoms. The third-order valence-electron chi connectivity index (χ3n) is 3.94. The van der Waals surface area contributed by atoms with Crippen LogP contribution in [0.5, 0.6) is 0 Å². The predicted octanol–water partition coefficient (Wildman–Crippen LogP) is 3.14. The molecule has 1 aromatic carbocycles. The first-order valence-electron chi connectivity index (χ1n) is 8.83. The van der Waals surface area contributed by atoms with E-state index in [9.17, 15) is 9.59 Å². The highest BCUT2D eigenvalue weighted by atomic mass is 32.1. The first kappa shape index (κ1) is 21.8. The number of hydrogen-bond donors (Lipinski definition) is 2. The summed E-state index contributed by atoms with van der Waals surface area (Å²) < 4.78 is 10.2. The maximum absolute atomic E-state index is 12.9. The summed E-state index contributed by atoms with van der Waals surface area (Å²) in [7, 11) is 3.18. The molecule has 0 unspecified atom stereocenters. The summed E-state index contributed by atoms with van der Waals surface area (Å²) in [5, 5.41) is 5.79. The van der Waals surface area contributed by atoms with Crippen molar-refractivity contribution in [1.29, 1.82) is 0 Å². The van der Waals surface area contributed by atoms with E-state index in [2.05, 4.69) is 15.6 Å². The van der Waals surface area contributed by atoms with Gasteiger partial charge in [-0.15, -0.1) is 0 Å². The van der Waals surface area contributed by atoms with Gasteiger partial charge in [-0.05, 0) is 26.0 Å². The lowest BCUT2D eigenvalue weighted by Crippen LogP contribution is -2.36. The van der Waals surface area contributed by atoms with Crippen molar-refractivity contribution in [3.63, 3.8) is 0 Å². The number of anilines is 2. The Kier molecular flexibility index (Phi) is 8.37. The number of methoxy groups -OCH3 is 2. The lowest BCUT2D eigenvalue weighted by Gasteiger charge is -2.21. The Labute approximate surface area is 168 Å². The number of aromatic nitrogens is 1. The molecule has 8 nitrogen and oxygen atoms in total.